The summed E-state index contributed by atoms with van der Waals surface area (Å²) >= 11 is 6.20. The van der Waals surface area contributed by atoms with Crippen molar-refractivity contribution < 1.29 is 17.9 Å². The van der Waals surface area contributed by atoms with Gasteiger partial charge in [0.15, 0.2) is 0 Å². The summed E-state index contributed by atoms with van der Waals surface area (Å²) < 4.78 is 33.0. The van der Waals surface area contributed by atoms with Crippen LogP contribution in [0, 0.1) is 6.92 Å². The number of hydrogen-bond acceptors (Lipinski definition) is 4. The maximum atomic E-state index is 13.2. The fraction of sp³-hybridized carbons (Fsp3) is 0.350. The van der Waals surface area contributed by atoms with Crippen LogP contribution in [0.5, 0.6) is 0 Å². The molecule has 1 aliphatic heterocycles. The SMILES string of the molecule is Cc1ccc(N(CC(=O)NC[C@H]2CCCO2)S(=O)(=O)c2ccccc2)cc1Cl. The van der Waals surface area contributed by atoms with Gasteiger partial charge >= 0.3 is 0 Å². The Bertz CT molecular complexity index is 928. The Kier molecular flexibility index (Phi) is 6.59. The van der Waals surface area contributed by atoms with Gasteiger partial charge in [0, 0.05) is 18.2 Å². The average Bonchev–Trinajstić information content (AvgIpc) is 3.21. The second-order valence-corrected chi connectivity index (χ2v) is 8.97. The van der Waals surface area contributed by atoms with Crippen LogP contribution in [0.15, 0.2) is 53.4 Å². The maximum Gasteiger partial charge on any atom is 0.264 e. The lowest BCUT2D eigenvalue weighted by Crippen LogP contribution is -2.42. The number of carbonyl (C=O) groups excluding carboxylic acids is 1. The molecule has 3 rings (SSSR count). The number of amides is 1. The largest absolute Gasteiger partial charge is 0.376 e. The van der Waals surface area contributed by atoms with E-state index in [0.29, 0.717) is 23.9 Å². The summed E-state index contributed by atoms with van der Waals surface area (Å²) in [5.41, 5.74) is 1.16. The van der Waals surface area contributed by atoms with E-state index in [1.807, 2.05) is 6.92 Å². The highest BCUT2D eigenvalue weighted by Gasteiger charge is 2.28. The molecular formula is C20H23ClN2O4S. The van der Waals surface area contributed by atoms with Gasteiger partial charge in [0.1, 0.15) is 6.54 Å². The highest BCUT2D eigenvalue weighted by atomic mass is 35.5. The maximum absolute atomic E-state index is 13.2. The van der Waals surface area contributed by atoms with E-state index in [-0.39, 0.29) is 17.5 Å². The molecule has 6 nitrogen and oxygen atoms in total. The second-order valence-electron chi connectivity index (χ2n) is 6.70. The molecule has 0 radical (unpaired) electrons. The van der Waals surface area contributed by atoms with Gasteiger partial charge < -0.3 is 10.1 Å². The third-order valence-electron chi connectivity index (χ3n) is 4.61. The predicted octanol–water partition coefficient (Wildman–Crippen LogP) is 3.14. The third-order valence-corrected chi connectivity index (χ3v) is 6.81. The second kappa shape index (κ2) is 8.94. The predicted molar refractivity (Wildman–Crippen MR) is 109 cm³/mol. The number of nitrogens with zero attached hydrogens (tertiary/aromatic N) is 1. The quantitative estimate of drug-likeness (QED) is 0.743. The van der Waals surface area contributed by atoms with Crippen LogP contribution in [-0.2, 0) is 19.6 Å². The van der Waals surface area contributed by atoms with Crippen LogP contribution >= 0.6 is 11.6 Å². The van der Waals surface area contributed by atoms with Crippen LogP contribution < -0.4 is 9.62 Å². The Morgan fingerprint density at radius 2 is 2.00 bits per heavy atom. The van der Waals surface area contributed by atoms with E-state index in [1.54, 1.807) is 36.4 Å². The van der Waals surface area contributed by atoms with Crippen molar-refractivity contribution in [3.8, 4) is 0 Å². The molecule has 2 aromatic carbocycles. The fourth-order valence-electron chi connectivity index (χ4n) is 2.99. The van der Waals surface area contributed by atoms with Crippen molar-refractivity contribution in [2.45, 2.75) is 30.8 Å². The molecule has 1 amide bonds. The lowest BCUT2D eigenvalue weighted by molar-refractivity contribution is -0.120. The Hall–Kier alpha value is -2.09. The van der Waals surface area contributed by atoms with E-state index in [2.05, 4.69) is 5.32 Å². The molecule has 0 unspecified atom stereocenters. The average molecular weight is 423 g/mol. The standard InChI is InChI=1S/C20H23ClN2O4S/c1-15-9-10-16(12-19(15)21)23(28(25,26)18-7-3-2-4-8-18)14-20(24)22-13-17-6-5-11-27-17/h2-4,7-10,12,17H,5-6,11,13-14H2,1H3,(H,22,24)/t17-/m1/s1. The highest BCUT2D eigenvalue weighted by molar-refractivity contribution is 7.92. The summed E-state index contributed by atoms with van der Waals surface area (Å²) in [6.45, 7) is 2.55. The van der Waals surface area contributed by atoms with Crippen molar-refractivity contribution in [3.05, 3.63) is 59.1 Å². The molecule has 0 spiro atoms. The third kappa shape index (κ3) is 4.84. The van der Waals surface area contributed by atoms with Crippen LogP contribution in [0.1, 0.15) is 18.4 Å². The van der Waals surface area contributed by atoms with Crippen molar-refractivity contribution >= 4 is 33.2 Å². The van der Waals surface area contributed by atoms with Gasteiger partial charge in [-0.2, -0.15) is 0 Å². The smallest absolute Gasteiger partial charge is 0.264 e. The molecule has 0 bridgehead atoms. The molecule has 1 heterocycles. The first kappa shape index (κ1) is 20.6. The number of benzene rings is 2. The highest BCUT2D eigenvalue weighted by Crippen LogP contribution is 2.27. The summed E-state index contributed by atoms with van der Waals surface area (Å²) in [5, 5.41) is 3.21. The number of ether oxygens (including phenoxy) is 1. The Balaban J connectivity index is 1.85. The summed E-state index contributed by atoms with van der Waals surface area (Å²) in [5.74, 6) is -0.397. The van der Waals surface area contributed by atoms with Gasteiger partial charge in [-0.15, -0.1) is 0 Å². The van der Waals surface area contributed by atoms with Gasteiger partial charge in [-0.05, 0) is 49.6 Å². The molecular weight excluding hydrogens is 400 g/mol. The zero-order valence-electron chi connectivity index (χ0n) is 15.6. The Morgan fingerprint density at radius 3 is 2.64 bits per heavy atom. The van der Waals surface area contributed by atoms with E-state index in [1.165, 1.54) is 12.1 Å². The number of anilines is 1. The summed E-state index contributed by atoms with van der Waals surface area (Å²) in [6, 6.07) is 13.0. The number of hydrogen-bond donors (Lipinski definition) is 1. The monoisotopic (exact) mass is 422 g/mol. The van der Waals surface area contributed by atoms with Crippen LogP contribution in [-0.4, -0.2) is 40.1 Å². The van der Waals surface area contributed by atoms with Crippen molar-refractivity contribution in [1.29, 1.82) is 0 Å². The van der Waals surface area contributed by atoms with Gasteiger partial charge in [0.25, 0.3) is 10.0 Å². The number of sulfonamides is 1. The van der Waals surface area contributed by atoms with E-state index < -0.39 is 15.9 Å². The molecule has 1 fully saturated rings. The van der Waals surface area contributed by atoms with Crippen LogP contribution in [0.25, 0.3) is 0 Å². The number of rotatable bonds is 7. The molecule has 1 saturated heterocycles. The summed E-state index contributed by atoms with van der Waals surface area (Å²) in [7, 11) is -3.93. The molecule has 0 saturated carbocycles. The molecule has 8 heteroatoms. The molecule has 2 aromatic rings. The first-order valence-corrected chi connectivity index (χ1v) is 10.9. The van der Waals surface area contributed by atoms with Gasteiger partial charge in [-0.1, -0.05) is 35.9 Å². The van der Waals surface area contributed by atoms with E-state index in [4.69, 9.17) is 16.3 Å². The molecule has 28 heavy (non-hydrogen) atoms. The number of aryl methyl sites for hydroxylation is 1. The van der Waals surface area contributed by atoms with Gasteiger partial charge in [0.05, 0.1) is 16.7 Å². The van der Waals surface area contributed by atoms with Crippen molar-refractivity contribution in [2.24, 2.45) is 0 Å². The zero-order valence-corrected chi connectivity index (χ0v) is 17.2. The molecule has 0 aliphatic carbocycles. The van der Waals surface area contributed by atoms with Crippen LogP contribution in [0.3, 0.4) is 0 Å². The lowest BCUT2D eigenvalue weighted by atomic mass is 10.2. The van der Waals surface area contributed by atoms with E-state index >= 15 is 0 Å². The zero-order chi connectivity index (χ0) is 20.1. The van der Waals surface area contributed by atoms with E-state index in [9.17, 15) is 13.2 Å². The van der Waals surface area contributed by atoms with Crippen LogP contribution in [0.4, 0.5) is 5.69 Å². The molecule has 1 N–H and O–H groups in total. The van der Waals surface area contributed by atoms with Gasteiger partial charge in [-0.25, -0.2) is 8.42 Å². The minimum atomic E-state index is -3.93. The first-order chi connectivity index (χ1) is 13.4. The summed E-state index contributed by atoms with van der Waals surface area (Å²) in [6.07, 6.45) is 1.84. The van der Waals surface area contributed by atoms with Gasteiger partial charge in [0.2, 0.25) is 5.91 Å². The van der Waals surface area contributed by atoms with Crippen molar-refractivity contribution in [2.75, 3.05) is 24.0 Å². The summed E-state index contributed by atoms with van der Waals surface area (Å²) in [4.78, 5) is 12.6. The Morgan fingerprint density at radius 1 is 1.25 bits per heavy atom. The van der Waals surface area contributed by atoms with Gasteiger partial charge in [-0.3, -0.25) is 9.10 Å². The van der Waals surface area contributed by atoms with Crippen molar-refractivity contribution in [1.82, 2.24) is 5.32 Å². The normalized spacial score (nSPS) is 16.7. The van der Waals surface area contributed by atoms with E-state index in [0.717, 1.165) is 22.7 Å². The number of nitrogens with one attached hydrogen (secondary N) is 1. The fourth-order valence-corrected chi connectivity index (χ4v) is 4.60. The molecule has 1 atom stereocenters. The minimum absolute atomic E-state index is 0.0167. The van der Waals surface area contributed by atoms with Crippen LogP contribution in [0.2, 0.25) is 5.02 Å². The molecule has 150 valence electrons. The molecule has 0 aromatic heterocycles. The van der Waals surface area contributed by atoms with Crippen molar-refractivity contribution in [3.63, 3.8) is 0 Å². The lowest BCUT2D eigenvalue weighted by Gasteiger charge is -2.25. The minimum Gasteiger partial charge on any atom is -0.376 e. The Labute approximate surface area is 170 Å². The number of carbonyl (C=O) groups is 1. The topological polar surface area (TPSA) is 75.7 Å². The number of halogens is 1. The molecule has 1 aliphatic rings. The first-order valence-electron chi connectivity index (χ1n) is 9.10.